The van der Waals surface area contributed by atoms with E-state index in [0.717, 1.165) is 60.5 Å². The number of halogens is 3. The number of piperidine rings is 1. The van der Waals surface area contributed by atoms with Gasteiger partial charge in [0.2, 0.25) is 0 Å². The number of imidazole rings is 2. The van der Waals surface area contributed by atoms with Gasteiger partial charge < -0.3 is 4.57 Å². The summed E-state index contributed by atoms with van der Waals surface area (Å²) in [6.07, 6.45) is -2.62. The zero-order chi connectivity index (χ0) is 24.9. The second kappa shape index (κ2) is 8.71. The first-order chi connectivity index (χ1) is 16.6. The molecule has 0 unspecified atom stereocenters. The highest BCUT2D eigenvalue weighted by atomic mass is 19.4. The van der Waals surface area contributed by atoms with Crippen molar-refractivity contribution in [1.82, 2.24) is 23.6 Å². The molecule has 0 bridgehead atoms. The van der Waals surface area contributed by atoms with E-state index in [4.69, 9.17) is 4.98 Å². The van der Waals surface area contributed by atoms with Crippen LogP contribution in [0, 0.1) is 6.92 Å². The van der Waals surface area contributed by atoms with Gasteiger partial charge in [-0.05, 0) is 44.0 Å². The van der Waals surface area contributed by atoms with Gasteiger partial charge in [-0.3, -0.25) is 14.0 Å². The van der Waals surface area contributed by atoms with Crippen LogP contribution in [0.4, 0.5) is 13.2 Å². The summed E-state index contributed by atoms with van der Waals surface area (Å²) < 4.78 is 44.3. The number of hydrogen-bond acceptors (Lipinski definition) is 3. The van der Waals surface area contributed by atoms with E-state index < -0.39 is 11.7 Å². The SMILES string of the molecule is Cc1c(CN2CCC(n3c(=O)n(C)c4ccccc43)CC2)nc(-c2ccc(C(F)(F)F)cc2)n1C. The fourth-order valence-corrected chi connectivity index (χ4v) is 5.07. The zero-order valence-corrected chi connectivity index (χ0v) is 20.0. The van der Waals surface area contributed by atoms with E-state index in [-0.39, 0.29) is 11.7 Å². The van der Waals surface area contributed by atoms with E-state index in [0.29, 0.717) is 17.9 Å². The molecule has 0 aliphatic carbocycles. The van der Waals surface area contributed by atoms with Gasteiger partial charge in [0.05, 0.1) is 22.3 Å². The van der Waals surface area contributed by atoms with Crippen LogP contribution in [0.25, 0.3) is 22.4 Å². The van der Waals surface area contributed by atoms with Gasteiger partial charge in [-0.25, -0.2) is 9.78 Å². The lowest BCUT2D eigenvalue weighted by molar-refractivity contribution is -0.137. The number of likely N-dealkylation sites (tertiary alicyclic amines) is 1. The molecule has 1 saturated heterocycles. The molecule has 0 spiro atoms. The molecular formula is C26H28F3N5O. The molecule has 0 atom stereocenters. The normalized spacial score (nSPS) is 15.8. The predicted molar refractivity (Wildman–Crippen MR) is 129 cm³/mol. The summed E-state index contributed by atoms with van der Waals surface area (Å²) in [5.74, 6) is 0.656. The molecule has 0 N–H and O–H groups in total. The molecule has 0 radical (unpaired) electrons. The third kappa shape index (κ3) is 4.18. The minimum absolute atomic E-state index is 0.0198. The fourth-order valence-electron chi connectivity index (χ4n) is 5.07. The molecule has 1 fully saturated rings. The number of rotatable bonds is 4. The highest BCUT2D eigenvalue weighted by molar-refractivity contribution is 5.76. The van der Waals surface area contributed by atoms with E-state index in [1.807, 2.05) is 54.4 Å². The largest absolute Gasteiger partial charge is 0.416 e. The van der Waals surface area contributed by atoms with E-state index >= 15 is 0 Å². The second-order valence-electron chi connectivity index (χ2n) is 9.31. The van der Waals surface area contributed by atoms with Crippen molar-refractivity contribution >= 4 is 11.0 Å². The number of alkyl halides is 3. The summed E-state index contributed by atoms with van der Waals surface area (Å²) in [4.78, 5) is 20.0. The lowest BCUT2D eigenvalue weighted by atomic mass is 10.0. The number of aromatic nitrogens is 4. The summed E-state index contributed by atoms with van der Waals surface area (Å²) in [5, 5.41) is 0. The van der Waals surface area contributed by atoms with Crippen LogP contribution in [0.2, 0.25) is 0 Å². The Morgan fingerprint density at radius 2 is 1.57 bits per heavy atom. The Kier molecular flexibility index (Phi) is 5.83. The summed E-state index contributed by atoms with van der Waals surface area (Å²) in [5.41, 5.74) is 3.84. The fraction of sp³-hybridized carbons (Fsp3) is 0.385. The predicted octanol–water partition coefficient (Wildman–Crippen LogP) is 4.90. The van der Waals surface area contributed by atoms with Crippen LogP contribution < -0.4 is 5.69 Å². The third-order valence-corrected chi connectivity index (χ3v) is 7.24. The molecule has 2 aromatic heterocycles. The minimum Gasteiger partial charge on any atom is -0.331 e. The zero-order valence-electron chi connectivity index (χ0n) is 20.0. The number of nitrogens with zero attached hydrogens (tertiary/aromatic N) is 5. The van der Waals surface area contributed by atoms with E-state index in [1.54, 1.807) is 4.57 Å². The van der Waals surface area contributed by atoms with Crippen LogP contribution in [0.3, 0.4) is 0 Å². The van der Waals surface area contributed by atoms with E-state index in [9.17, 15) is 18.0 Å². The lowest BCUT2D eigenvalue weighted by Crippen LogP contribution is -2.37. The molecule has 1 aliphatic rings. The number of fused-ring (bicyclic) bond motifs is 1. The molecule has 5 rings (SSSR count). The van der Waals surface area contributed by atoms with Gasteiger partial charge in [0.15, 0.2) is 0 Å². The van der Waals surface area contributed by atoms with Crippen LogP contribution in [-0.4, -0.2) is 36.7 Å². The first-order valence-electron chi connectivity index (χ1n) is 11.7. The molecule has 6 nitrogen and oxygen atoms in total. The number of hydrogen-bond donors (Lipinski definition) is 0. The quantitative estimate of drug-likeness (QED) is 0.415. The van der Waals surface area contributed by atoms with Crippen LogP contribution in [-0.2, 0) is 26.8 Å². The topological polar surface area (TPSA) is 48.0 Å². The minimum atomic E-state index is -4.36. The van der Waals surface area contributed by atoms with Gasteiger partial charge in [-0.2, -0.15) is 13.2 Å². The van der Waals surface area contributed by atoms with Gasteiger partial charge in [0, 0.05) is 51.0 Å². The highest BCUT2D eigenvalue weighted by Crippen LogP contribution is 2.32. The first-order valence-corrected chi connectivity index (χ1v) is 11.7. The maximum atomic E-state index is 12.9. The van der Waals surface area contributed by atoms with Gasteiger partial charge in [-0.1, -0.05) is 24.3 Å². The Morgan fingerprint density at radius 1 is 0.943 bits per heavy atom. The average Bonchev–Trinajstić information content (AvgIpc) is 3.27. The van der Waals surface area contributed by atoms with Gasteiger partial charge >= 0.3 is 11.9 Å². The molecule has 35 heavy (non-hydrogen) atoms. The second-order valence-corrected chi connectivity index (χ2v) is 9.31. The Morgan fingerprint density at radius 3 is 2.20 bits per heavy atom. The number of benzene rings is 2. The van der Waals surface area contributed by atoms with Crippen molar-refractivity contribution in [3.8, 4) is 11.4 Å². The molecule has 2 aromatic carbocycles. The maximum Gasteiger partial charge on any atom is 0.416 e. The van der Waals surface area contributed by atoms with Crippen molar-refractivity contribution in [3.63, 3.8) is 0 Å². The Bertz CT molecular complexity index is 1420. The monoisotopic (exact) mass is 483 g/mol. The van der Waals surface area contributed by atoms with Crippen molar-refractivity contribution in [2.75, 3.05) is 13.1 Å². The molecule has 3 heterocycles. The Labute approximate surface area is 201 Å². The van der Waals surface area contributed by atoms with E-state index in [1.165, 1.54) is 12.1 Å². The lowest BCUT2D eigenvalue weighted by Gasteiger charge is -2.32. The number of aryl methyl sites for hydroxylation is 1. The summed E-state index contributed by atoms with van der Waals surface area (Å²) in [6, 6.07) is 13.2. The molecule has 0 amide bonds. The van der Waals surface area contributed by atoms with Crippen LogP contribution >= 0.6 is 0 Å². The van der Waals surface area contributed by atoms with E-state index in [2.05, 4.69) is 4.90 Å². The average molecular weight is 484 g/mol. The van der Waals surface area contributed by atoms with Crippen molar-refractivity contribution in [1.29, 1.82) is 0 Å². The van der Waals surface area contributed by atoms with Crippen molar-refractivity contribution < 1.29 is 13.2 Å². The Balaban J connectivity index is 1.31. The first kappa shape index (κ1) is 23.4. The summed E-state index contributed by atoms with van der Waals surface area (Å²) in [7, 11) is 3.70. The van der Waals surface area contributed by atoms with Crippen LogP contribution in [0.15, 0.2) is 53.3 Å². The standard InChI is InChI=1S/C26H28F3N5O/c1-17-21(30-24(31(17)2)18-8-10-19(11-9-18)26(27,28)29)16-33-14-12-20(13-15-33)34-23-7-5-4-6-22(23)32(3)25(34)35/h4-11,20H,12-16H2,1-3H3. The van der Waals surface area contributed by atoms with Crippen molar-refractivity contribution in [3.05, 3.63) is 76.0 Å². The smallest absolute Gasteiger partial charge is 0.331 e. The molecule has 184 valence electrons. The molecule has 1 aliphatic heterocycles. The molecule has 0 saturated carbocycles. The number of para-hydroxylation sites is 2. The molecule has 9 heteroatoms. The van der Waals surface area contributed by atoms with Gasteiger partial charge in [0.1, 0.15) is 5.82 Å². The van der Waals surface area contributed by atoms with Crippen molar-refractivity contribution in [2.45, 2.75) is 38.5 Å². The maximum absolute atomic E-state index is 12.9. The van der Waals surface area contributed by atoms with Crippen LogP contribution in [0.1, 0.15) is 35.8 Å². The van der Waals surface area contributed by atoms with Gasteiger partial charge in [0.25, 0.3) is 0 Å². The van der Waals surface area contributed by atoms with Crippen LogP contribution in [0.5, 0.6) is 0 Å². The molecule has 4 aromatic rings. The third-order valence-electron chi connectivity index (χ3n) is 7.24. The molecular weight excluding hydrogens is 455 g/mol. The van der Waals surface area contributed by atoms with Crippen molar-refractivity contribution in [2.24, 2.45) is 14.1 Å². The Hall–Kier alpha value is -3.33. The summed E-state index contributed by atoms with van der Waals surface area (Å²) in [6.45, 7) is 4.33. The highest BCUT2D eigenvalue weighted by Gasteiger charge is 2.30. The van der Waals surface area contributed by atoms with Gasteiger partial charge in [-0.15, -0.1) is 0 Å². The summed E-state index contributed by atoms with van der Waals surface area (Å²) >= 11 is 0.